The highest BCUT2D eigenvalue weighted by Gasteiger charge is 2.33. The van der Waals surface area contributed by atoms with Crippen LogP contribution in [0.4, 0.5) is 32.4 Å². The second-order valence-electron chi connectivity index (χ2n) is 8.67. The van der Waals surface area contributed by atoms with E-state index in [2.05, 4.69) is 20.3 Å². The SMILES string of the molecule is COc1ncc(C(O)COc2cccc(C(F)(F)F)n2)c(C2CCN(C(=O)Nc3c(F)cccc3F)CC2)n1. The van der Waals surface area contributed by atoms with Crippen LogP contribution < -0.4 is 14.8 Å². The van der Waals surface area contributed by atoms with Gasteiger partial charge in [0.2, 0.25) is 5.88 Å². The molecule has 39 heavy (non-hydrogen) atoms. The number of hydrogen-bond acceptors (Lipinski definition) is 7. The third-order valence-electron chi connectivity index (χ3n) is 6.13. The summed E-state index contributed by atoms with van der Waals surface area (Å²) in [5, 5.41) is 13.1. The molecule has 2 amide bonds. The fourth-order valence-electron chi connectivity index (χ4n) is 4.14. The number of urea groups is 1. The molecule has 0 spiro atoms. The van der Waals surface area contributed by atoms with Crippen molar-refractivity contribution in [3.05, 3.63) is 71.2 Å². The minimum atomic E-state index is -4.65. The predicted molar refractivity (Wildman–Crippen MR) is 127 cm³/mol. The Balaban J connectivity index is 1.43. The molecule has 1 unspecified atom stereocenters. The number of piperidine rings is 1. The number of para-hydroxylation sites is 1. The van der Waals surface area contributed by atoms with Gasteiger partial charge in [0.1, 0.15) is 35.7 Å². The van der Waals surface area contributed by atoms with Crippen molar-refractivity contribution in [1.29, 1.82) is 0 Å². The number of likely N-dealkylation sites (tertiary alicyclic amines) is 1. The number of carbonyl (C=O) groups is 1. The van der Waals surface area contributed by atoms with Crippen LogP contribution in [0.15, 0.2) is 42.6 Å². The number of alkyl halides is 3. The summed E-state index contributed by atoms with van der Waals surface area (Å²) >= 11 is 0. The van der Waals surface area contributed by atoms with Crippen molar-refractivity contribution in [2.45, 2.75) is 31.0 Å². The minimum absolute atomic E-state index is 0.0385. The molecular formula is C25H24F5N5O4. The van der Waals surface area contributed by atoms with Gasteiger partial charge in [0, 0.05) is 36.8 Å². The van der Waals surface area contributed by atoms with E-state index in [0.717, 1.165) is 24.3 Å². The number of aromatic nitrogens is 3. The number of aliphatic hydroxyl groups is 1. The zero-order chi connectivity index (χ0) is 28.2. The average Bonchev–Trinajstić information content (AvgIpc) is 2.93. The van der Waals surface area contributed by atoms with Gasteiger partial charge in [-0.1, -0.05) is 12.1 Å². The lowest BCUT2D eigenvalue weighted by molar-refractivity contribution is -0.141. The first-order valence-corrected chi connectivity index (χ1v) is 11.8. The smallest absolute Gasteiger partial charge is 0.433 e. The number of halogens is 5. The summed E-state index contributed by atoms with van der Waals surface area (Å²) in [7, 11) is 1.37. The monoisotopic (exact) mass is 553 g/mol. The highest BCUT2D eigenvalue weighted by molar-refractivity contribution is 5.89. The van der Waals surface area contributed by atoms with E-state index in [4.69, 9.17) is 9.47 Å². The quantitative estimate of drug-likeness (QED) is 0.408. The van der Waals surface area contributed by atoms with Crippen LogP contribution in [0.25, 0.3) is 0 Å². The Bertz CT molecular complexity index is 1300. The Morgan fingerprint density at radius 3 is 2.44 bits per heavy atom. The summed E-state index contributed by atoms with van der Waals surface area (Å²) in [6.45, 7) is 0.0185. The molecular weight excluding hydrogens is 529 g/mol. The van der Waals surface area contributed by atoms with E-state index in [9.17, 15) is 31.9 Å². The van der Waals surface area contributed by atoms with Crippen LogP contribution in [0.2, 0.25) is 0 Å². The van der Waals surface area contributed by atoms with Gasteiger partial charge in [0.25, 0.3) is 0 Å². The molecule has 2 N–H and O–H groups in total. The number of anilines is 1. The molecule has 2 aromatic heterocycles. The van der Waals surface area contributed by atoms with Crippen molar-refractivity contribution in [3.63, 3.8) is 0 Å². The first-order chi connectivity index (χ1) is 18.6. The van der Waals surface area contributed by atoms with Gasteiger partial charge in [0.05, 0.1) is 12.8 Å². The average molecular weight is 553 g/mol. The fraction of sp³-hybridized carbons (Fsp3) is 0.360. The van der Waals surface area contributed by atoms with Gasteiger partial charge in [-0.25, -0.2) is 23.5 Å². The number of hydrogen-bond donors (Lipinski definition) is 2. The van der Waals surface area contributed by atoms with Gasteiger partial charge in [-0.05, 0) is 31.0 Å². The summed E-state index contributed by atoms with van der Waals surface area (Å²) in [4.78, 5) is 25.8. The number of pyridine rings is 1. The number of benzene rings is 1. The summed E-state index contributed by atoms with van der Waals surface area (Å²) in [5.74, 6) is -2.36. The molecule has 3 aromatic rings. The van der Waals surface area contributed by atoms with Gasteiger partial charge < -0.3 is 24.8 Å². The molecule has 0 saturated carbocycles. The number of amides is 2. The van der Waals surface area contributed by atoms with Gasteiger partial charge >= 0.3 is 18.2 Å². The van der Waals surface area contributed by atoms with Crippen LogP contribution in [0.5, 0.6) is 11.9 Å². The van der Waals surface area contributed by atoms with E-state index in [0.29, 0.717) is 18.5 Å². The highest BCUT2D eigenvalue weighted by Crippen LogP contribution is 2.33. The molecule has 1 fully saturated rings. The van der Waals surface area contributed by atoms with Crippen molar-refractivity contribution in [2.75, 3.05) is 32.1 Å². The first-order valence-electron chi connectivity index (χ1n) is 11.8. The van der Waals surface area contributed by atoms with Crippen molar-refractivity contribution in [3.8, 4) is 11.9 Å². The molecule has 208 valence electrons. The molecule has 0 radical (unpaired) electrons. The molecule has 3 heterocycles. The van der Waals surface area contributed by atoms with Crippen LogP contribution in [-0.4, -0.2) is 57.8 Å². The zero-order valence-corrected chi connectivity index (χ0v) is 20.6. The zero-order valence-electron chi connectivity index (χ0n) is 20.6. The van der Waals surface area contributed by atoms with E-state index in [-0.39, 0.29) is 36.5 Å². The predicted octanol–water partition coefficient (Wildman–Crippen LogP) is 4.70. The van der Waals surface area contributed by atoms with Crippen LogP contribution in [0, 0.1) is 11.6 Å². The molecule has 1 aliphatic rings. The molecule has 1 aromatic carbocycles. The van der Waals surface area contributed by atoms with Gasteiger partial charge in [-0.2, -0.15) is 18.2 Å². The molecule has 1 saturated heterocycles. The largest absolute Gasteiger partial charge is 0.475 e. The molecule has 1 aliphatic heterocycles. The number of nitrogens with zero attached hydrogens (tertiary/aromatic N) is 4. The Labute approximate surface area is 219 Å². The second-order valence-corrected chi connectivity index (χ2v) is 8.67. The van der Waals surface area contributed by atoms with Gasteiger partial charge in [-0.15, -0.1) is 0 Å². The Morgan fingerprint density at radius 2 is 1.79 bits per heavy atom. The maximum absolute atomic E-state index is 13.9. The summed E-state index contributed by atoms with van der Waals surface area (Å²) < 4.78 is 77.0. The third kappa shape index (κ3) is 6.69. The number of ether oxygens (including phenoxy) is 2. The van der Waals surface area contributed by atoms with E-state index in [1.54, 1.807) is 0 Å². The van der Waals surface area contributed by atoms with Crippen molar-refractivity contribution in [2.24, 2.45) is 0 Å². The minimum Gasteiger partial charge on any atom is -0.475 e. The van der Waals surface area contributed by atoms with E-state index in [1.165, 1.54) is 30.3 Å². The molecule has 1 atom stereocenters. The topological polar surface area (TPSA) is 110 Å². The Hall–Kier alpha value is -4.07. The lowest BCUT2D eigenvalue weighted by Crippen LogP contribution is -2.41. The maximum atomic E-state index is 13.9. The normalized spacial score (nSPS) is 15.1. The second kappa shape index (κ2) is 11.8. The van der Waals surface area contributed by atoms with E-state index < -0.39 is 47.9 Å². The summed E-state index contributed by atoms with van der Waals surface area (Å²) in [6.07, 6.45) is -3.84. The van der Waals surface area contributed by atoms with Crippen molar-refractivity contribution >= 4 is 11.7 Å². The molecule has 0 bridgehead atoms. The molecule has 14 heteroatoms. The standard InChI is InChI=1S/C25H24F5N5O4/c1-38-23-31-12-15(18(36)13-39-20-7-3-6-19(32-20)25(28,29)30)21(33-23)14-8-10-35(11-9-14)24(37)34-22-16(26)4-2-5-17(22)27/h2-7,12,14,18,36H,8-11,13H2,1H3,(H,34,37). The number of nitrogens with one attached hydrogen (secondary N) is 1. The van der Waals surface area contributed by atoms with Crippen LogP contribution in [0.3, 0.4) is 0 Å². The number of methoxy groups -OCH3 is 1. The highest BCUT2D eigenvalue weighted by atomic mass is 19.4. The van der Waals surface area contributed by atoms with Crippen LogP contribution >= 0.6 is 0 Å². The number of aliphatic hydroxyl groups excluding tert-OH is 1. The van der Waals surface area contributed by atoms with Crippen LogP contribution in [-0.2, 0) is 6.18 Å². The number of carbonyl (C=O) groups excluding carboxylic acids is 1. The lowest BCUT2D eigenvalue weighted by atomic mass is 9.89. The lowest BCUT2D eigenvalue weighted by Gasteiger charge is -2.33. The van der Waals surface area contributed by atoms with E-state index >= 15 is 0 Å². The van der Waals surface area contributed by atoms with E-state index in [1.807, 2.05) is 0 Å². The van der Waals surface area contributed by atoms with Gasteiger partial charge in [-0.3, -0.25) is 0 Å². The maximum Gasteiger partial charge on any atom is 0.433 e. The summed E-state index contributed by atoms with van der Waals surface area (Å²) in [5.41, 5.74) is -0.961. The Kier molecular flexibility index (Phi) is 8.43. The van der Waals surface area contributed by atoms with Crippen molar-refractivity contribution < 1.29 is 41.3 Å². The first kappa shape index (κ1) is 28.0. The number of rotatable bonds is 7. The molecule has 9 nitrogen and oxygen atoms in total. The molecule has 4 rings (SSSR count). The van der Waals surface area contributed by atoms with Crippen LogP contribution in [0.1, 0.15) is 41.8 Å². The third-order valence-corrected chi connectivity index (χ3v) is 6.13. The fourth-order valence-corrected chi connectivity index (χ4v) is 4.14. The Morgan fingerprint density at radius 1 is 1.13 bits per heavy atom. The summed E-state index contributed by atoms with van der Waals surface area (Å²) in [6, 6.07) is 5.81. The van der Waals surface area contributed by atoms with Gasteiger partial charge in [0.15, 0.2) is 0 Å². The molecule has 0 aliphatic carbocycles. The van der Waals surface area contributed by atoms with Crippen molar-refractivity contribution in [1.82, 2.24) is 19.9 Å².